The van der Waals surface area contributed by atoms with Gasteiger partial charge in [-0.15, -0.1) is 0 Å². The standard InChI is InChI=1S/C26H28N4O3S/c1-16(2)33-25(32)23-18(4)29-26-30(24(23)21-8-6-5-7-17(21)3)20(15-34-26)13-22(31)28-14-19-9-11-27-12-10-19/h5-12,15-16,24H,13-14H2,1-4H3,(H,28,31). The number of ether oxygens (including phenoxy) is 1. The number of aliphatic imine (C=N–C) groups is 1. The second-order valence-electron chi connectivity index (χ2n) is 8.51. The van der Waals surface area contributed by atoms with Crippen LogP contribution in [0.25, 0.3) is 0 Å². The van der Waals surface area contributed by atoms with Gasteiger partial charge in [0.25, 0.3) is 0 Å². The average molecular weight is 477 g/mol. The fraction of sp³-hybridized carbons (Fsp3) is 0.308. The van der Waals surface area contributed by atoms with E-state index < -0.39 is 6.04 Å². The first-order chi connectivity index (χ1) is 16.3. The normalized spacial score (nSPS) is 17.3. The first kappa shape index (κ1) is 23.8. The fourth-order valence-electron chi connectivity index (χ4n) is 4.02. The Morgan fingerprint density at radius 3 is 2.59 bits per heavy atom. The highest BCUT2D eigenvalue weighted by Gasteiger charge is 2.41. The highest BCUT2D eigenvalue weighted by molar-refractivity contribution is 8.16. The van der Waals surface area contributed by atoms with Gasteiger partial charge in [-0.05, 0) is 61.9 Å². The molecule has 34 heavy (non-hydrogen) atoms. The third kappa shape index (κ3) is 5.07. The molecule has 1 atom stereocenters. The summed E-state index contributed by atoms with van der Waals surface area (Å²) >= 11 is 1.47. The van der Waals surface area contributed by atoms with Crippen LogP contribution in [0.1, 0.15) is 49.9 Å². The van der Waals surface area contributed by atoms with Crippen LogP contribution in [0, 0.1) is 6.92 Å². The number of hydrogen-bond donors (Lipinski definition) is 1. The molecule has 1 aromatic carbocycles. The largest absolute Gasteiger partial charge is 0.459 e. The van der Waals surface area contributed by atoms with Crippen LogP contribution < -0.4 is 5.32 Å². The molecule has 2 aliphatic rings. The molecule has 1 amide bonds. The van der Waals surface area contributed by atoms with E-state index in [9.17, 15) is 9.59 Å². The summed E-state index contributed by atoms with van der Waals surface area (Å²) in [6.07, 6.45) is 3.32. The number of benzene rings is 1. The molecule has 4 rings (SSSR count). The van der Waals surface area contributed by atoms with Crippen molar-refractivity contribution < 1.29 is 14.3 Å². The summed E-state index contributed by atoms with van der Waals surface area (Å²) in [5.41, 5.74) is 4.94. The summed E-state index contributed by atoms with van der Waals surface area (Å²) in [5, 5.41) is 5.67. The number of fused-ring (bicyclic) bond motifs is 1. The number of aryl methyl sites for hydroxylation is 1. The van der Waals surface area contributed by atoms with E-state index in [1.54, 1.807) is 12.4 Å². The van der Waals surface area contributed by atoms with Crippen molar-refractivity contribution in [3.63, 3.8) is 0 Å². The Morgan fingerprint density at radius 2 is 1.88 bits per heavy atom. The van der Waals surface area contributed by atoms with Crippen LogP contribution in [0.5, 0.6) is 0 Å². The molecule has 1 N–H and O–H groups in total. The second-order valence-corrected chi connectivity index (χ2v) is 9.35. The number of nitrogens with zero attached hydrogens (tertiary/aromatic N) is 3. The number of aromatic nitrogens is 1. The maximum Gasteiger partial charge on any atom is 0.338 e. The van der Waals surface area contributed by atoms with Crippen LogP contribution in [-0.2, 0) is 20.9 Å². The molecule has 0 saturated carbocycles. The van der Waals surface area contributed by atoms with Gasteiger partial charge in [-0.25, -0.2) is 9.79 Å². The average Bonchev–Trinajstić information content (AvgIpc) is 3.19. The Kier molecular flexibility index (Phi) is 7.17. The molecule has 3 heterocycles. The summed E-state index contributed by atoms with van der Waals surface area (Å²) in [5.74, 6) is -0.493. The SMILES string of the molecule is CC1=C(C(=O)OC(C)C)C(c2ccccc2C)N2C(CC(=O)NCc3ccncc3)=CSC2=N1. The number of esters is 1. The maximum atomic E-state index is 13.2. The lowest BCUT2D eigenvalue weighted by molar-refractivity contribution is -0.143. The van der Waals surface area contributed by atoms with Crippen molar-refractivity contribution in [1.29, 1.82) is 0 Å². The molecular weight excluding hydrogens is 448 g/mol. The van der Waals surface area contributed by atoms with Crippen LogP contribution >= 0.6 is 11.8 Å². The molecule has 0 aliphatic carbocycles. The maximum absolute atomic E-state index is 13.2. The molecule has 176 valence electrons. The quantitative estimate of drug-likeness (QED) is 0.587. The van der Waals surface area contributed by atoms with Crippen LogP contribution in [0.15, 0.2) is 76.2 Å². The van der Waals surface area contributed by atoms with Gasteiger partial charge in [0.05, 0.1) is 29.8 Å². The van der Waals surface area contributed by atoms with Crippen LogP contribution in [-0.4, -0.2) is 33.0 Å². The Morgan fingerprint density at radius 1 is 1.15 bits per heavy atom. The zero-order valence-electron chi connectivity index (χ0n) is 19.7. The summed E-state index contributed by atoms with van der Waals surface area (Å²) in [6.45, 7) is 7.95. The molecule has 0 spiro atoms. The number of nitrogens with one attached hydrogen (secondary N) is 1. The van der Waals surface area contributed by atoms with Crippen molar-refractivity contribution in [3.8, 4) is 0 Å². The van der Waals surface area contributed by atoms with Crippen molar-refractivity contribution in [3.05, 3.63) is 87.9 Å². The predicted octanol–water partition coefficient (Wildman–Crippen LogP) is 4.62. The highest BCUT2D eigenvalue weighted by Crippen LogP contribution is 2.45. The van der Waals surface area contributed by atoms with Gasteiger partial charge in [0.1, 0.15) is 0 Å². The van der Waals surface area contributed by atoms with Gasteiger partial charge in [0, 0.05) is 24.6 Å². The van der Waals surface area contributed by atoms with Gasteiger partial charge in [0.2, 0.25) is 5.91 Å². The van der Waals surface area contributed by atoms with Crippen molar-refractivity contribution in [2.75, 3.05) is 0 Å². The number of allylic oxidation sites excluding steroid dienone is 1. The molecule has 0 bridgehead atoms. The predicted molar refractivity (Wildman–Crippen MR) is 133 cm³/mol. The third-order valence-electron chi connectivity index (χ3n) is 5.63. The minimum Gasteiger partial charge on any atom is -0.459 e. The molecule has 8 heteroatoms. The number of carbonyl (C=O) groups excluding carboxylic acids is 2. The van der Waals surface area contributed by atoms with Crippen molar-refractivity contribution in [2.45, 2.75) is 52.8 Å². The first-order valence-corrected chi connectivity index (χ1v) is 12.1. The van der Waals surface area contributed by atoms with Crippen molar-refractivity contribution in [1.82, 2.24) is 15.2 Å². The zero-order chi connectivity index (χ0) is 24.2. The third-order valence-corrected chi connectivity index (χ3v) is 6.52. The fourth-order valence-corrected chi connectivity index (χ4v) is 4.99. The van der Waals surface area contributed by atoms with E-state index in [1.165, 1.54) is 11.8 Å². The minimum absolute atomic E-state index is 0.106. The molecule has 7 nitrogen and oxygen atoms in total. The van der Waals surface area contributed by atoms with Crippen molar-refractivity contribution in [2.24, 2.45) is 4.99 Å². The molecule has 2 aliphatic heterocycles. The first-order valence-electron chi connectivity index (χ1n) is 11.2. The Labute approximate surface area is 204 Å². The number of pyridine rings is 1. The lowest BCUT2D eigenvalue weighted by atomic mass is 9.91. The van der Waals surface area contributed by atoms with Gasteiger partial charge in [0.15, 0.2) is 5.17 Å². The number of thioether (sulfide) groups is 1. The van der Waals surface area contributed by atoms with Gasteiger partial charge < -0.3 is 15.0 Å². The Balaban J connectivity index is 1.63. The molecule has 1 aromatic heterocycles. The topological polar surface area (TPSA) is 83.9 Å². The van der Waals surface area contributed by atoms with Crippen LogP contribution in [0.4, 0.5) is 0 Å². The lowest BCUT2D eigenvalue weighted by Gasteiger charge is -2.37. The number of amides is 1. The molecule has 0 radical (unpaired) electrons. The van der Waals surface area contributed by atoms with Crippen LogP contribution in [0.3, 0.4) is 0 Å². The summed E-state index contributed by atoms with van der Waals surface area (Å²) in [7, 11) is 0. The second kappa shape index (κ2) is 10.3. The zero-order valence-corrected chi connectivity index (χ0v) is 20.6. The molecule has 1 unspecified atom stereocenters. The van der Waals surface area contributed by atoms with Crippen molar-refractivity contribution >= 4 is 28.8 Å². The molecular formula is C26H28N4O3S. The van der Waals surface area contributed by atoms with E-state index in [1.807, 2.05) is 74.4 Å². The minimum atomic E-state index is -0.422. The van der Waals surface area contributed by atoms with E-state index in [0.717, 1.165) is 27.6 Å². The Hall–Kier alpha value is -3.39. The summed E-state index contributed by atoms with van der Waals surface area (Å²) < 4.78 is 5.60. The lowest BCUT2D eigenvalue weighted by Crippen LogP contribution is -2.38. The van der Waals surface area contributed by atoms with Gasteiger partial charge >= 0.3 is 5.97 Å². The molecule has 2 aromatic rings. The summed E-state index contributed by atoms with van der Waals surface area (Å²) in [6, 6.07) is 11.3. The van der Waals surface area contributed by atoms with Crippen LogP contribution in [0.2, 0.25) is 0 Å². The van der Waals surface area contributed by atoms with E-state index >= 15 is 0 Å². The van der Waals surface area contributed by atoms with Gasteiger partial charge in [-0.1, -0.05) is 36.0 Å². The Bertz CT molecular complexity index is 1190. The van der Waals surface area contributed by atoms with E-state index in [0.29, 0.717) is 17.8 Å². The van der Waals surface area contributed by atoms with E-state index in [-0.39, 0.29) is 24.4 Å². The summed E-state index contributed by atoms with van der Waals surface area (Å²) in [4.78, 5) is 36.8. The van der Waals surface area contributed by atoms with Gasteiger partial charge in [-0.3, -0.25) is 9.78 Å². The van der Waals surface area contributed by atoms with E-state index in [2.05, 4.69) is 10.3 Å². The number of carbonyl (C=O) groups is 2. The smallest absolute Gasteiger partial charge is 0.338 e. The number of hydrogen-bond acceptors (Lipinski definition) is 7. The molecule has 0 saturated heterocycles. The van der Waals surface area contributed by atoms with E-state index in [4.69, 9.17) is 9.73 Å². The monoisotopic (exact) mass is 476 g/mol. The highest BCUT2D eigenvalue weighted by atomic mass is 32.2. The number of rotatable bonds is 7. The number of amidine groups is 1. The van der Waals surface area contributed by atoms with Gasteiger partial charge in [-0.2, -0.15) is 0 Å². The molecule has 0 fully saturated rings.